The van der Waals surface area contributed by atoms with E-state index in [1.54, 1.807) is 31.1 Å². The molecule has 11 heteroatoms. The Kier molecular flexibility index (Phi) is 6.93. The number of amides is 3. The van der Waals surface area contributed by atoms with Gasteiger partial charge in [0.1, 0.15) is 18.2 Å². The molecule has 1 N–H and O–H groups in total. The van der Waals surface area contributed by atoms with Gasteiger partial charge in [-0.1, -0.05) is 73.7 Å². The number of rotatable bonds is 6. The number of aliphatic hydroxyl groups is 1. The van der Waals surface area contributed by atoms with Gasteiger partial charge in [-0.3, -0.25) is 14.4 Å². The molecule has 3 amide bonds. The molecular formula is C33H36N6O4S. The van der Waals surface area contributed by atoms with Gasteiger partial charge < -0.3 is 19.8 Å². The van der Waals surface area contributed by atoms with Crippen molar-refractivity contribution in [3.63, 3.8) is 0 Å². The Bertz CT molecular complexity index is 1690. The summed E-state index contributed by atoms with van der Waals surface area (Å²) in [6.07, 6.45) is 8.01. The number of carbonyl (C=O) groups is 3. The zero-order chi connectivity index (χ0) is 30.8. The van der Waals surface area contributed by atoms with Crippen molar-refractivity contribution in [3.05, 3.63) is 78.9 Å². The zero-order valence-corrected chi connectivity index (χ0v) is 25.8. The van der Waals surface area contributed by atoms with Crippen molar-refractivity contribution in [2.75, 3.05) is 24.6 Å². The molecule has 4 aliphatic heterocycles. The van der Waals surface area contributed by atoms with Crippen LogP contribution in [0.2, 0.25) is 0 Å². The van der Waals surface area contributed by atoms with Gasteiger partial charge in [0.15, 0.2) is 0 Å². The Morgan fingerprint density at radius 2 is 1.66 bits per heavy atom. The van der Waals surface area contributed by atoms with Crippen LogP contribution in [-0.4, -0.2) is 88.9 Å². The van der Waals surface area contributed by atoms with Crippen LogP contribution in [0.15, 0.2) is 78.9 Å². The summed E-state index contributed by atoms with van der Waals surface area (Å²) in [5.41, 5.74) is 2.30. The third kappa shape index (κ3) is 4.16. The molecule has 7 rings (SSSR count). The molecule has 0 aliphatic carbocycles. The summed E-state index contributed by atoms with van der Waals surface area (Å²) >= 11 is 1.54. The van der Waals surface area contributed by atoms with E-state index in [2.05, 4.69) is 16.4 Å². The van der Waals surface area contributed by atoms with Crippen molar-refractivity contribution in [1.82, 2.24) is 24.8 Å². The second-order valence-electron chi connectivity index (χ2n) is 12.6. The predicted octanol–water partition coefficient (Wildman–Crippen LogP) is 3.09. The summed E-state index contributed by atoms with van der Waals surface area (Å²) in [6.45, 7) is 6.48. The maximum Gasteiger partial charge on any atom is 0.248 e. The number of aliphatic hydroxyl groups excluding tert-OH is 1. The summed E-state index contributed by atoms with van der Waals surface area (Å²) < 4.78 is -0.0326. The molecule has 6 atom stereocenters. The van der Waals surface area contributed by atoms with Crippen LogP contribution in [-0.2, 0) is 21.1 Å². The van der Waals surface area contributed by atoms with Crippen LogP contribution in [0.3, 0.4) is 0 Å². The zero-order valence-electron chi connectivity index (χ0n) is 25.0. The van der Waals surface area contributed by atoms with Crippen LogP contribution in [0.5, 0.6) is 0 Å². The molecule has 1 aromatic heterocycles. The molecule has 4 aliphatic rings. The average molecular weight is 613 g/mol. The van der Waals surface area contributed by atoms with E-state index in [4.69, 9.17) is 0 Å². The second kappa shape index (κ2) is 10.6. The Labute approximate surface area is 260 Å². The summed E-state index contributed by atoms with van der Waals surface area (Å²) in [4.78, 5) is 49.2. The molecule has 2 fully saturated rings. The lowest BCUT2D eigenvalue weighted by Gasteiger charge is -2.40. The highest BCUT2D eigenvalue weighted by molar-refractivity contribution is 8.02. The standard InChI is InChI=1S/C33H36N6O4S/c1-21(2)25(19-40)39-28-31(43)36(20-38-24-14-8-7-13-23(24)34-35-38)17-10-16-33(28)27(30(39)42)26-29(41)37(22-11-5-4-6-12-22)18-9-15-32(26,3)44-33/h4-16,21,25-28,40H,17-20H2,1-3H3/t25-,26+,27-,28?,32-,33-/m0/s1. The first-order valence-electron chi connectivity index (χ1n) is 15.1. The topological polar surface area (TPSA) is 112 Å². The van der Waals surface area contributed by atoms with Gasteiger partial charge in [0.2, 0.25) is 17.7 Å². The van der Waals surface area contributed by atoms with Crippen molar-refractivity contribution in [3.8, 4) is 0 Å². The van der Waals surface area contributed by atoms with E-state index in [0.717, 1.165) is 16.7 Å². The van der Waals surface area contributed by atoms with Crippen LogP contribution in [0, 0.1) is 17.8 Å². The lowest BCUT2D eigenvalue weighted by molar-refractivity contribution is -0.147. The molecule has 10 nitrogen and oxygen atoms in total. The normalized spacial score (nSPS) is 30.5. The second-order valence-corrected chi connectivity index (χ2v) is 14.4. The number of thioether (sulfide) groups is 1. The van der Waals surface area contributed by atoms with Crippen molar-refractivity contribution >= 4 is 46.2 Å². The fourth-order valence-electron chi connectivity index (χ4n) is 7.64. The molecule has 5 heterocycles. The van der Waals surface area contributed by atoms with E-state index in [9.17, 15) is 19.5 Å². The number of hydrogen-bond acceptors (Lipinski definition) is 7. The number of aromatic nitrogens is 3. The monoisotopic (exact) mass is 612 g/mol. The Hall–Kier alpha value is -3.96. The Balaban J connectivity index is 1.34. The minimum absolute atomic E-state index is 0.116. The third-order valence-corrected chi connectivity index (χ3v) is 11.5. The number of benzene rings is 2. The molecule has 1 unspecified atom stereocenters. The molecule has 0 radical (unpaired) electrons. The predicted molar refractivity (Wildman–Crippen MR) is 168 cm³/mol. The number of hydrogen-bond donors (Lipinski definition) is 1. The first-order valence-corrected chi connectivity index (χ1v) is 15.9. The smallest absolute Gasteiger partial charge is 0.248 e. The molecule has 0 bridgehead atoms. The number of para-hydroxylation sites is 2. The van der Waals surface area contributed by atoms with Gasteiger partial charge in [-0.25, -0.2) is 4.68 Å². The van der Waals surface area contributed by atoms with E-state index >= 15 is 0 Å². The van der Waals surface area contributed by atoms with Crippen LogP contribution in [0.4, 0.5) is 5.69 Å². The van der Waals surface area contributed by atoms with Gasteiger partial charge in [-0.15, -0.1) is 16.9 Å². The van der Waals surface area contributed by atoms with Crippen LogP contribution < -0.4 is 4.90 Å². The maximum absolute atomic E-state index is 14.8. The first-order chi connectivity index (χ1) is 21.2. The van der Waals surface area contributed by atoms with Gasteiger partial charge in [-0.2, -0.15) is 0 Å². The highest BCUT2D eigenvalue weighted by Crippen LogP contribution is 2.66. The summed E-state index contributed by atoms with van der Waals surface area (Å²) in [6, 6.07) is 15.6. The van der Waals surface area contributed by atoms with Crippen LogP contribution >= 0.6 is 11.8 Å². The van der Waals surface area contributed by atoms with E-state index in [0.29, 0.717) is 13.1 Å². The molecular weight excluding hydrogens is 576 g/mol. The third-order valence-electron chi connectivity index (χ3n) is 9.68. The number of anilines is 1. The molecule has 44 heavy (non-hydrogen) atoms. The fourth-order valence-corrected chi connectivity index (χ4v) is 9.78. The molecule has 1 spiro atoms. The Morgan fingerprint density at radius 1 is 0.932 bits per heavy atom. The average Bonchev–Trinajstić information content (AvgIpc) is 3.54. The quantitative estimate of drug-likeness (QED) is 0.426. The van der Waals surface area contributed by atoms with Crippen LogP contribution in [0.25, 0.3) is 11.0 Å². The highest BCUT2D eigenvalue weighted by Gasteiger charge is 2.74. The largest absolute Gasteiger partial charge is 0.394 e. The van der Waals surface area contributed by atoms with Gasteiger partial charge in [0.25, 0.3) is 0 Å². The summed E-state index contributed by atoms with van der Waals surface area (Å²) in [5.74, 6) is -2.23. The lowest BCUT2D eigenvalue weighted by atomic mass is 9.74. The molecule has 228 valence electrons. The molecule has 2 aromatic carbocycles. The minimum atomic E-state index is -1.01. The van der Waals surface area contributed by atoms with Gasteiger partial charge in [0, 0.05) is 23.5 Å². The number of likely N-dealkylation sites (tertiary alicyclic amines) is 1. The van der Waals surface area contributed by atoms with Crippen molar-refractivity contribution in [1.29, 1.82) is 0 Å². The van der Waals surface area contributed by atoms with Gasteiger partial charge in [0.05, 0.1) is 34.7 Å². The molecule has 2 saturated heterocycles. The lowest BCUT2D eigenvalue weighted by Crippen LogP contribution is -2.58. The van der Waals surface area contributed by atoms with Crippen LogP contribution in [0.1, 0.15) is 20.8 Å². The van der Waals surface area contributed by atoms with E-state index in [1.165, 1.54) is 0 Å². The summed E-state index contributed by atoms with van der Waals surface area (Å²) in [5, 5.41) is 19.2. The van der Waals surface area contributed by atoms with E-state index in [-0.39, 0.29) is 36.9 Å². The SMILES string of the molecule is CC(C)[C@H](CO)N1C(=O)[C@@H]2[C@@H]3C(=O)N(c4ccccc4)CC=C[C@]3(C)S[C@@]23C=CCN(Cn2nnc4ccccc42)C(=O)C13. The van der Waals surface area contributed by atoms with Gasteiger partial charge in [-0.05, 0) is 37.1 Å². The van der Waals surface area contributed by atoms with E-state index in [1.807, 2.05) is 93.6 Å². The minimum Gasteiger partial charge on any atom is -0.394 e. The van der Waals surface area contributed by atoms with Crippen molar-refractivity contribution < 1.29 is 19.5 Å². The number of fused-ring (bicyclic) bond motifs is 3. The number of carbonyl (C=O) groups excluding carboxylic acids is 3. The van der Waals surface area contributed by atoms with E-state index < -0.39 is 33.4 Å². The Morgan fingerprint density at radius 3 is 2.41 bits per heavy atom. The fraction of sp³-hybridized carbons (Fsp3) is 0.424. The van der Waals surface area contributed by atoms with Gasteiger partial charge >= 0.3 is 0 Å². The van der Waals surface area contributed by atoms with Crippen molar-refractivity contribution in [2.45, 2.75) is 49.0 Å². The first kappa shape index (κ1) is 28.8. The highest BCUT2D eigenvalue weighted by atomic mass is 32.2. The molecule has 0 saturated carbocycles. The molecule has 3 aromatic rings. The summed E-state index contributed by atoms with van der Waals surface area (Å²) in [7, 11) is 0. The van der Waals surface area contributed by atoms with Crippen molar-refractivity contribution in [2.24, 2.45) is 17.8 Å². The number of nitrogens with zero attached hydrogens (tertiary/aromatic N) is 6. The maximum atomic E-state index is 14.8.